The second-order valence-corrected chi connectivity index (χ2v) is 6.08. The number of halogens is 1. The number of methoxy groups -OCH3 is 2. The number of hydrogen-bond acceptors (Lipinski definition) is 3. The Balaban J connectivity index is 1.87. The van der Waals surface area contributed by atoms with Gasteiger partial charge in [0.2, 0.25) is 0 Å². The summed E-state index contributed by atoms with van der Waals surface area (Å²) < 4.78 is 10.8. The van der Waals surface area contributed by atoms with Crippen LogP contribution in [-0.4, -0.2) is 26.8 Å². The zero-order chi connectivity index (χ0) is 16.7. The Morgan fingerprint density at radius 3 is 2.43 bits per heavy atom. The molecule has 0 fully saturated rings. The molecule has 0 aliphatic heterocycles. The number of rotatable bonds is 8. The molecule has 2 unspecified atom stereocenters. The lowest BCUT2D eigenvalue weighted by molar-refractivity contribution is 0.0999. The molecule has 0 saturated heterocycles. The van der Waals surface area contributed by atoms with E-state index >= 15 is 0 Å². The van der Waals surface area contributed by atoms with Crippen molar-refractivity contribution in [2.24, 2.45) is 0 Å². The molecular weight excluding hydrogens is 310 g/mol. The summed E-state index contributed by atoms with van der Waals surface area (Å²) >= 11 is 6.05. The van der Waals surface area contributed by atoms with E-state index in [4.69, 9.17) is 21.1 Å². The average molecular weight is 334 g/mol. The van der Waals surface area contributed by atoms with Crippen molar-refractivity contribution in [2.45, 2.75) is 25.5 Å². The van der Waals surface area contributed by atoms with Crippen molar-refractivity contribution in [1.82, 2.24) is 5.32 Å². The van der Waals surface area contributed by atoms with Crippen LogP contribution in [0.5, 0.6) is 5.75 Å². The van der Waals surface area contributed by atoms with Crippen molar-refractivity contribution in [1.29, 1.82) is 0 Å². The molecule has 124 valence electrons. The van der Waals surface area contributed by atoms with Gasteiger partial charge < -0.3 is 14.8 Å². The van der Waals surface area contributed by atoms with Gasteiger partial charge in [0.1, 0.15) is 5.75 Å². The van der Waals surface area contributed by atoms with Crippen LogP contribution in [0.4, 0.5) is 0 Å². The molecule has 0 saturated carbocycles. The maximum absolute atomic E-state index is 6.05. The molecule has 2 rings (SSSR count). The first-order valence-corrected chi connectivity index (χ1v) is 8.14. The molecular formula is C19H24ClNO2. The third-order valence-corrected chi connectivity index (χ3v) is 4.09. The van der Waals surface area contributed by atoms with E-state index in [2.05, 4.69) is 24.4 Å². The summed E-state index contributed by atoms with van der Waals surface area (Å²) in [6.07, 6.45) is 0.947. The summed E-state index contributed by atoms with van der Waals surface area (Å²) in [6.45, 7) is 2.92. The first-order valence-electron chi connectivity index (χ1n) is 7.77. The molecule has 23 heavy (non-hydrogen) atoms. The minimum Gasteiger partial charge on any atom is -0.497 e. The largest absolute Gasteiger partial charge is 0.497 e. The Labute approximate surface area is 143 Å². The van der Waals surface area contributed by atoms with Gasteiger partial charge in [0.05, 0.1) is 13.2 Å². The third-order valence-electron chi connectivity index (χ3n) is 3.86. The molecule has 1 N–H and O–H groups in total. The van der Waals surface area contributed by atoms with Gasteiger partial charge in [0, 0.05) is 24.7 Å². The topological polar surface area (TPSA) is 30.5 Å². The summed E-state index contributed by atoms with van der Waals surface area (Å²) in [5, 5.41) is 4.26. The molecule has 2 aromatic rings. The van der Waals surface area contributed by atoms with E-state index < -0.39 is 0 Å². The lowest BCUT2D eigenvalue weighted by atomic mass is 10.1. The number of benzene rings is 2. The van der Waals surface area contributed by atoms with Crippen molar-refractivity contribution in [3.05, 3.63) is 64.7 Å². The molecule has 0 heterocycles. The number of hydrogen-bond donors (Lipinski definition) is 1. The SMILES string of the molecule is COc1ccc(CC(C)NCC(OC)c2cccc(Cl)c2)cc1. The Bertz CT molecular complexity index is 601. The molecule has 0 amide bonds. The van der Waals surface area contributed by atoms with E-state index in [0.29, 0.717) is 6.04 Å². The molecule has 3 nitrogen and oxygen atoms in total. The number of nitrogens with one attached hydrogen (secondary N) is 1. The highest BCUT2D eigenvalue weighted by molar-refractivity contribution is 6.30. The van der Waals surface area contributed by atoms with Crippen LogP contribution in [-0.2, 0) is 11.2 Å². The van der Waals surface area contributed by atoms with Gasteiger partial charge in [0.15, 0.2) is 0 Å². The van der Waals surface area contributed by atoms with E-state index in [1.807, 2.05) is 36.4 Å². The third kappa shape index (κ3) is 5.54. The molecule has 0 aromatic heterocycles. The van der Waals surface area contributed by atoms with Gasteiger partial charge in [-0.15, -0.1) is 0 Å². The Morgan fingerprint density at radius 1 is 1.09 bits per heavy atom. The Hall–Kier alpha value is -1.55. The highest BCUT2D eigenvalue weighted by atomic mass is 35.5. The molecule has 0 bridgehead atoms. The molecule has 0 aliphatic rings. The molecule has 2 aromatic carbocycles. The predicted octanol–water partition coefficient (Wildman–Crippen LogP) is 4.26. The summed E-state index contributed by atoms with van der Waals surface area (Å²) in [5.41, 5.74) is 2.37. The van der Waals surface area contributed by atoms with Gasteiger partial charge in [-0.1, -0.05) is 35.9 Å². The molecule has 0 radical (unpaired) electrons. The fraction of sp³-hybridized carbons (Fsp3) is 0.368. The molecule has 0 spiro atoms. The second-order valence-electron chi connectivity index (χ2n) is 5.64. The van der Waals surface area contributed by atoms with E-state index in [1.54, 1.807) is 14.2 Å². The van der Waals surface area contributed by atoms with Gasteiger partial charge in [-0.2, -0.15) is 0 Å². The van der Waals surface area contributed by atoms with Crippen molar-refractivity contribution in [3.8, 4) is 5.75 Å². The lowest BCUT2D eigenvalue weighted by Gasteiger charge is -2.20. The molecule has 4 heteroatoms. The van der Waals surface area contributed by atoms with Crippen LogP contribution >= 0.6 is 11.6 Å². The predicted molar refractivity (Wildman–Crippen MR) is 95.4 cm³/mol. The van der Waals surface area contributed by atoms with Gasteiger partial charge in [-0.05, 0) is 48.7 Å². The van der Waals surface area contributed by atoms with Crippen molar-refractivity contribution >= 4 is 11.6 Å². The van der Waals surface area contributed by atoms with Gasteiger partial charge in [0.25, 0.3) is 0 Å². The standard InChI is InChI=1S/C19H24ClNO2/c1-14(11-15-7-9-18(22-2)10-8-15)21-13-19(23-3)16-5-4-6-17(20)12-16/h4-10,12,14,19,21H,11,13H2,1-3H3. The molecule has 0 aliphatic carbocycles. The fourth-order valence-corrected chi connectivity index (χ4v) is 2.74. The van der Waals surface area contributed by atoms with Gasteiger partial charge >= 0.3 is 0 Å². The monoisotopic (exact) mass is 333 g/mol. The maximum atomic E-state index is 6.05. The van der Waals surface area contributed by atoms with Crippen LogP contribution in [0.3, 0.4) is 0 Å². The van der Waals surface area contributed by atoms with Gasteiger partial charge in [-0.25, -0.2) is 0 Å². The highest BCUT2D eigenvalue weighted by Gasteiger charge is 2.12. The minimum absolute atomic E-state index is 0.00739. The Kier molecular flexibility index (Phi) is 6.90. The maximum Gasteiger partial charge on any atom is 0.118 e. The summed E-state index contributed by atoms with van der Waals surface area (Å²) in [6, 6.07) is 16.3. The summed E-state index contributed by atoms with van der Waals surface area (Å²) in [4.78, 5) is 0. The van der Waals surface area contributed by atoms with Crippen LogP contribution < -0.4 is 10.1 Å². The molecule has 2 atom stereocenters. The van der Waals surface area contributed by atoms with E-state index in [-0.39, 0.29) is 6.10 Å². The smallest absolute Gasteiger partial charge is 0.118 e. The summed E-state index contributed by atoms with van der Waals surface area (Å²) in [5.74, 6) is 0.884. The zero-order valence-corrected chi connectivity index (χ0v) is 14.6. The zero-order valence-electron chi connectivity index (χ0n) is 13.9. The van der Waals surface area contributed by atoms with Crippen LogP contribution in [0.1, 0.15) is 24.2 Å². The van der Waals surface area contributed by atoms with Gasteiger partial charge in [-0.3, -0.25) is 0 Å². The second kappa shape index (κ2) is 8.92. The van der Waals surface area contributed by atoms with E-state index in [1.165, 1.54) is 5.56 Å². The quantitative estimate of drug-likeness (QED) is 0.783. The van der Waals surface area contributed by atoms with Crippen molar-refractivity contribution in [3.63, 3.8) is 0 Å². The number of ether oxygens (including phenoxy) is 2. The van der Waals surface area contributed by atoms with E-state index in [0.717, 1.165) is 29.3 Å². The first kappa shape index (κ1) is 17.8. The fourth-order valence-electron chi connectivity index (χ4n) is 2.54. The van der Waals surface area contributed by atoms with Crippen LogP contribution in [0, 0.1) is 0 Å². The van der Waals surface area contributed by atoms with E-state index in [9.17, 15) is 0 Å². The van der Waals surface area contributed by atoms with Crippen LogP contribution in [0.2, 0.25) is 5.02 Å². The van der Waals surface area contributed by atoms with Crippen LogP contribution in [0.25, 0.3) is 0 Å². The van der Waals surface area contributed by atoms with Crippen molar-refractivity contribution < 1.29 is 9.47 Å². The highest BCUT2D eigenvalue weighted by Crippen LogP contribution is 2.20. The van der Waals surface area contributed by atoms with Crippen molar-refractivity contribution in [2.75, 3.05) is 20.8 Å². The normalized spacial score (nSPS) is 13.6. The van der Waals surface area contributed by atoms with Crippen LogP contribution in [0.15, 0.2) is 48.5 Å². The first-order chi connectivity index (χ1) is 11.1. The minimum atomic E-state index is -0.00739. The Morgan fingerprint density at radius 2 is 1.83 bits per heavy atom. The lowest BCUT2D eigenvalue weighted by Crippen LogP contribution is -2.32. The average Bonchev–Trinajstić information content (AvgIpc) is 2.56. The summed E-state index contributed by atoms with van der Waals surface area (Å²) in [7, 11) is 3.40.